The smallest absolute Gasteiger partial charge is 0.204 e. The first-order valence-electron chi connectivity index (χ1n) is 6.90. The predicted octanol–water partition coefficient (Wildman–Crippen LogP) is 2.59. The van der Waals surface area contributed by atoms with E-state index in [0.717, 1.165) is 6.07 Å². The van der Waals surface area contributed by atoms with Crippen molar-refractivity contribution in [3.8, 4) is 39.9 Å². The second kappa shape index (κ2) is 5.69. The molecule has 1 heterocycles. The molecule has 0 saturated heterocycles. The SMILES string of the molecule is COc1c(O)cccc1-c1coc2cc(O)c(O)c(OC)c2c1=O. The largest absolute Gasteiger partial charge is 0.504 e. The minimum absolute atomic E-state index is 0.0318. The van der Waals surface area contributed by atoms with Gasteiger partial charge in [0.2, 0.25) is 11.2 Å². The second-order valence-corrected chi connectivity index (χ2v) is 4.99. The zero-order chi connectivity index (χ0) is 17.4. The van der Waals surface area contributed by atoms with E-state index >= 15 is 0 Å². The summed E-state index contributed by atoms with van der Waals surface area (Å²) in [6, 6.07) is 5.69. The number of fused-ring (bicyclic) bond motifs is 1. The quantitative estimate of drug-likeness (QED) is 0.633. The van der Waals surface area contributed by atoms with Crippen molar-refractivity contribution >= 4 is 11.0 Å². The fraction of sp³-hybridized carbons (Fsp3) is 0.118. The molecule has 0 bridgehead atoms. The lowest BCUT2D eigenvalue weighted by Crippen LogP contribution is -2.07. The van der Waals surface area contributed by atoms with Gasteiger partial charge in [0, 0.05) is 11.6 Å². The van der Waals surface area contributed by atoms with Crippen molar-refractivity contribution in [2.45, 2.75) is 0 Å². The molecule has 7 heteroatoms. The van der Waals surface area contributed by atoms with Crippen LogP contribution < -0.4 is 14.9 Å². The monoisotopic (exact) mass is 330 g/mol. The summed E-state index contributed by atoms with van der Waals surface area (Å²) in [4.78, 5) is 12.9. The van der Waals surface area contributed by atoms with Crippen molar-refractivity contribution in [1.82, 2.24) is 0 Å². The normalized spacial score (nSPS) is 10.8. The average molecular weight is 330 g/mol. The Hall–Kier alpha value is -3.35. The van der Waals surface area contributed by atoms with E-state index < -0.39 is 16.9 Å². The van der Waals surface area contributed by atoms with Crippen molar-refractivity contribution in [1.29, 1.82) is 0 Å². The molecular weight excluding hydrogens is 316 g/mol. The third-order valence-electron chi connectivity index (χ3n) is 3.67. The van der Waals surface area contributed by atoms with Crippen molar-refractivity contribution in [2.24, 2.45) is 0 Å². The number of methoxy groups -OCH3 is 2. The molecule has 0 amide bonds. The van der Waals surface area contributed by atoms with Crippen LogP contribution in [0.4, 0.5) is 0 Å². The summed E-state index contributed by atoms with van der Waals surface area (Å²) in [5, 5.41) is 29.4. The highest BCUT2D eigenvalue weighted by molar-refractivity contribution is 5.92. The highest BCUT2D eigenvalue weighted by atomic mass is 16.5. The van der Waals surface area contributed by atoms with Gasteiger partial charge in [-0.3, -0.25) is 4.79 Å². The molecule has 0 aliphatic carbocycles. The zero-order valence-electron chi connectivity index (χ0n) is 12.9. The molecular formula is C17H14O7. The third kappa shape index (κ3) is 2.18. The van der Waals surface area contributed by atoms with Gasteiger partial charge in [-0.05, 0) is 6.07 Å². The van der Waals surface area contributed by atoms with Gasteiger partial charge >= 0.3 is 0 Å². The summed E-state index contributed by atoms with van der Waals surface area (Å²) < 4.78 is 15.6. The van der Waals surface area contributed by atoms with Gasteiger partial charge < -0.3 is 29.2 Å². The highest BCUT2D eigenvalue weighted by Crippen LogP contribution is 2.42. The van der Waals surface area contributed by atoms with E-state index in [1.165, 1.54) is 26.5 Å². The van der Waals surface area contributed by atoms with E-state index in [0.29, 0.717) is 5.56 Å². The van der Waals surface area contributed by atoms with Crippen LogP contribution in [0.5, 0.6) is 28.7 Å². The minimum Gasteiger partial charge on any atom is -0.504 e. The van der Waals surface area contributed by atoms with Crippen LogP contribution in [0.15, 0.2) is 39.7 Å². The minimum atomic E-state index is -0.558. The van der Waals surface area contributed by atoms with Gasteiger partial charge in [-0.15, -0.1) is 0 Å². The van der Waals surface area contributed by atoms with Crippen LogP contribution in [0.25, 0.3) is 22.1 Å². The summed E-state index contributed by atoms with van der Waals surface area (Å²) >= 11 is 0. The Morgan fingerprint density at radius 1 is 0.958 bits per heavy atom. The molecule has 1 aromatic heterocycles. The molecule has 0 aliphatic heterocycles. The molecule has 0 unspecified atom stereocenters. The van der Waals surface area contributed by atoms with Crippen LogP contribution in [0.2, 0.25) is 0 Å². The van der Waals surface area contributed by atoms with E-state index in [1.54, 1.807) is 12.1 Å². The van der Waals surface area contributed by atoms with E-state index in [1.807, 2.05) is 0 Å². The molecule has 0 spiro atoms. The number of rotatable bonds is 3. The molecule has 2 aromatic carbocycles. The molecule has 3 rings (SSSR count). The van der Waals surface area contributed by atoms with Crippen LogP contribution in [-0.2, 0) is 0 Å². The number of para-hydroxylation sites is 1. The molecule has 0 atom stereocenters. The lowest BCUT2D eigenvalue weighted by atomic mass is 10.0. The first-order valence-corrected chi connectivity index (χ1v) is 6.90. The maximum absolute atomic E-state index is 12.9. The van der Waals surface area contributed by atoms with Gasteiger partial charge in [0.15, 0.2) is 23.0 Å². The van der Waals surface area contributed by atoms with Crippen molar-refractivity contribution < 1.29 is 29.2 Å². The molecule has 124 valence electrons. The summed E-state index contributed by atoms with van der Waals surface area (Å²) in [6.07, 6.45) is 1.19. The molecule has 0 aliphatic rings. The maximum Gasteiger partial charge on any atom is 0.204 e. The van der Waals surface area contributed by atoms with Gasteiger partial charge in [0.05, 0.1) is 19.8 Å². The van der Waals surface area contributed by atoms with E-state index in [4.69, 9.17) is 13.9 Å². The zero-order valence-corrected chi connectivity index (χ0v) is 12.9. The number of hydrogen-bond donors (Lipinski definition) is 3. The first-order chi connectivity index (χ1) is 11.5. The number of phenolic OH excluding ortho intramolecular Hbond substituents is 3. The molecule has 0 fully saturated rings. The van der Waals surface area contributed by atoms with Gasteiger partial charge in [-0.25, -0.2) is 0 Å². The third-order valence-corrected chi connectivity index (χ3v) is 3.67. The van der Waals surface area contributed by atoms with Gasteiger partial charge in [-0.2, -0.15) is 0 Å². The molecule has 0 saturated carbocycles. The lowest BCUT2D eigenvalue weighted by molar-refractivity contribution is 0.353. The number of phenols is 3. The van der Waals surface area contributed by atoms with Crippen LogP contribution in [0.1, 0.15) is 0 Å². The van der Waals surface area contributed by atoms with Gasteiger partial charge in [-0.1, -0.05) is 12.1 Å². The Kier molecular flexibility index (Phi) is 3.69. The fourth-order valence-corrected chi connectivity index (χ4v) is 2.57. The predicted molar refractivity (Wildman–Crippen MR) is 86.0 cm³/mol. The summed E-state index contributed by atoms with van der Waals surface area (Å²) in [5.74, 6) is -1.23. The summed E-state index contributed by atoms with van der Waals surface area (Å²) in [6.45, 7) is 0. The van der Waals surface area contributed by atoms with E-state index in [2.05, 4.69) is 0 Å². The van der Waals surface area contributed by atoms with Crippen LogP contribution in [-0.4, -0.2) is 29.5 Å². The lowest BCUT2D eigenvalue weighted by Gasteiger charge is -2.12. The maximum atomic E-state index is 12.9. The standard InChI is InChI=1S/C17H14O7/c1-22-16-8(4-3-5-10(16)18)9-7-24-12-6-11(19)15(21)17(23-2)13(12)14(9)20/h3-7,18-19,21H,1-2H3. The number of ether oxygens (including phenoxy) is 2. The average Bonchev–Trinajstić information content (AvgIpc) is 2.57. The van der Waals surface area contributed by atoms with Crippen LogP contribution in [0, 0.1) is 0 Å². The summed E-state index contributed by atoms with van der Waals surface area (Å²) in [7, 11) is 2.63. The second-order valence-electron chi connectivity index (χ2n) is 4.99. The Morgan fingerprint density at radius 3 is 2.33 bits per heavy atom. The van der Waals surface area contributed by atoms with E-state index in [9.17, 15) is 20.1 Å². The number of benzene rings is 2. The molecule has 24 heavy (non-hydrogen) atoms. The number of hydrogen-bond acceptors (Lipinski definition) is 7. The van der Waals surface area contributed by atoms with E-state index in [-0.39, 0.29) is 33.8 Å². The topological polar surface area (TPSA) is 109 Å². The van der Waals surface area contributed by atoms with Gasteiger partial charge in [0.25, 0.3) is 0 Å². The Balaban J connectivity index is 2.41. The highest BCUT2D eigenvalue weighted by Gasteiger charge is 2.21. The van der Waals surface area contributed by atoms with Crippen molar-refractivity contribution in [3.63, 3.8) is 0 Å². The molecule has 0 radical (unpaired) electrons. The van der Waals surface area contributed by atoms with Crippen molar-refractivity contribution in [3.05, 3.63) is 40.8 Å². The van der Waals surface area contributed by atoms with Crippen LogP contribution >= 0.6 is 0 Å². The Labute approximate surface area is 135 Å². The molecule has 3 aromatic rings. The molecule has 7 nitrogen and oxygen atoms in total. The van der Waals surface area contributed by atoms with Crippen LogP contribution in [0.3, 0.4) is 0 Å². The first kappa shape index (κ1) is 15.5. The Morgan fingerprint density at radius 2 is 1.67 bits per heavy atom. The fourth-order valence-electron chi connectivity index (χ4n) is 2.57. The van der Waals surface area contributed by atoms with Crippen molar-refractivity contribution in [2.75, 3.05) is 14.2 Å². The Bertz CT molecular complexity index is 988. The number of aromatic hydroxyl groups is 3. The summed E-state index contributed by atoms with van der Waals surface area (Å²) in [5.41, 5.74) is -0.0243. The van der Waals surface area contributed by atoms with Gasteiger partial charge in [0.1, 0.15) is 17.2 Å². The molecule has 3 N–H and O–H groups in total.